The fourth-order valence-corrected chi connectivity index (χ4v) is 7.81. The number of aliphatic imine (C=N–C) groups is 1. The second-order valence-electron chi connectivity index (χ2n) is 12.6. The molecule has 1 spiro atoms. The molecule has 0 saturated carbocycles. The number of aromatic nitrogens is 2. The van der Waals surface area contributed by atoms with E-state index in [1.807, 2.05) is 30.3 Å². The van der Waals surface area contributed by atoms with Crippen LogP contribution in [-0.4, -0.2) is 15.7 Å². The van der Waals surface area contributed by atoms with Crippen LogP contribution in [0.4, 0.5) is 0 Å². The van der Waals surface area contributed by atoms with E-state index < -0.39 is 5.41 Å². The van der Waals surface area contributed by atoms with Crippen LogP contribution >= 0.6 is 0 Å². The summed E-state index contributed by atoms with van der Waals surface area (Å²) < 4.78 is 0. The summed E-state index contributed by atoms with van der Waals surface area (Å²) in [5.74, 6) is 0. The molecule has 6 aromatic rings. The van der Waals surface area contributed by atoms with Gasteiger partial charge in [-0.2, -0.15) is 0 Å². The number of hydrogen-bond acceptors (Lipinski definition) is 3. The Morgan fingerprint density at radius 1 is 0.640 bits per heavy atom. The zero-order valence-corrected chi connectivity index (χ0v) is 28.0. The Morgan fingerprint density at radius 3 is 2.00 bits per heavy atom. The Labute approximate surface area is 293 Å². The van der Waals surface area contributed by atoms with Gasteiger partial charge < -0.3 is 0 Å². The van der Waals surface area contributed by atoms with E-state index in [2.05, 4.69) is 146 Å². The SMILES string of the molecule is C=C/C=C\C1=C(C)c2ccccc2C12c1ccccc1-c1ccc(-c3ccc(-c4cc(C(C=C)=NC=C)nc(-c5ccccn5)c4)cc3)cc12. The van der Waals surface area contributed by atoms with Crippen LogP contribution in [0.25, 0.3) is 50.3 Å². The van der Waals surface area contributed by atoms with Gasteiger partial charge in [0.25, 0.3) is 0 Å². The second kappa shape index (κ2) is 12.5. The lowest BCUT2D eigenvalue weighted by Crippen LogP contribution is -2.26. The van der Waals surface area contributed by atoms with Gasteiger partial charge in [-0.15, -0.1) is 0 Å². The van der Waals surface area contributed by atoms with Crippen LogP contribution in [0.15, 0.2) is 188 Å². The molecule has 3 heteroatoms. The second-order valence-corrected chi connectivity index (χ2v) is 12.6. The third-order valence-corrected chi connectivity index (χ3v) is 9.98. The van der Waals surface area contributed by atoms with Crippen LogP contribution < -0.4 is 0 Å². The van der Waals surface area contributed by atoms with Crippen LogP contribution in [0.1, 0.15) is 34.9 Å². The molecule has 0 amide bonds. The van der Waals surface area contributed by atoms with E-state index in [1.165, 1.54) is 56.3 Å². The van der Waals surface area contributed by atoms with Crippen molar-refractivity contribution in [3.63, 3.8) is 0 Å². The van der Waals surface area contributed by atoms with Gasteiger partial charge in [-0.3, -0.25) is 9.98 Å². The van der Waals surface area contributed by atoms with Gasteiger partial charge in [0.1, 0.15) is 0 Å². The van der Waals surface area contributed by atoms with E-state index in [0.717, 1.165) is 28.1 Å². The molecule has 0 N–H and O–H groups in total. The molecule has 0 radical (unpaired) electrons. The predicted octanol–water partition coefficient (Wildman–Crippen LogP) is 11.4. The summed E-state index contributed by atoms with van der Waals surface area (Å²) in [4.78, 5) is 13.9. The molecule has 0 bridgehead atoms. The highest BCUT2D eigenvalue weighted by Crippen LogP contribution is 2.62. The molecule has 238 valence electrons. The van der Waals surface area contributed by atoms with E-state index in [-0.39, 0.29) is 0 Å². The number of hydrogen-bond donors (Lipinski definition) is 0. The van der Waals surface area contributed by atoms with Gasteiger partial charge in [0.2, 0.25) is 0 Å². The van der Waals surface area contributed by atoms with Crippen LogP contribution in [0, 0.1) is 0 Å². The van der Waals surface area contributed by atoms with Crippen molar-refractivity contribution in [2.45, 2.75) is 12.3 Å². The van der Waals surface area contributed by atoms with Crippen molar-refractivity contribution in [1.82, 2.24) is 9.97 Å². The molecule has 0 saturated heterocycles. The van der Waals surface area contributed by atoms with Gasteiger partial charge in [0, 0.05) is 12.4 Å². The number of pyridine rings is 2. The summed E-state index contributed by atoms with van der Waals surface area (Å²) in [5, 5.41) is 0. The summed E-state index contributed by atoms with van der Waals surface area (Å²) in [5.41, 5.74) is 17.4. The van der Waals surface area contributed by atoms with Crippen molar-refractivity contribution in [2.24, 2.45) is 4.99 Å². The molecule has 4 aromatic carbocycles. The highest BCUT2D eigenvalue weighted by atomic mass is 14.8. The smallest absolute Gasteiger partial charge is 0.0900 e. The first kappa shape index (κ1) is 30.9. The zero-order chi connectivity index (χ0) is 34.2. The van der Waals surface area contributed by atoms with E-state index >= 15 is 0 Å². The molecule has 1 unspecified atom stereocenters. The van der Waals surface area contributed by atoms with Gasteiger partial charge in [0.15, 0.2) is 0 Å². The van der Waals surface area contributed by atoms with Gasteiger partial charge in [-0.25, -0.2) is 4.98 Å². The molecule has 2 aliphatic rings. The third kappa shape index (κ3) is 4.78. The van der Waals surface area contributed by atoms with Crippen molar-refractivity contribution < 1.29 is 0 Å². The van der Waals surface area contributed by atoms with E-state index in [4.69, 9.17) is 4.98 Å². The van der Waals surface area contributed by atoms with Crippen molar-refractivity contribution in [3.8, 4) is 44.8 Å². The lowest BCUT2D eigenvalue weighted by atomic mass is 9.69. The first-order valence-electron chi connectivity index (χ1n) is 16.8. The Hall–Kier alpha value is -6.45. The Bertz CT molecular complexity index is 2430. The summed E-state index contributed by atoms with van der Waals surface area (Å²) in [6.07, 6.45) is 11.2. The normalized spacial score (nSPS) is 16.0. The average Bonchev–Trinajstić information content (AvgIpc) is 3.61. The van der Waals surface area contributed by atoms with Gasteiger partial charge in [0.05, 0.1) is 28.2 Å². The largest absolute Gasteiger partial charge is 0.255 e. The molecule has 8 rings (SSSR count). The van der Waals surface area contributed by atoms with Gasteiger partial charge in [-0.1, -0.05) is 129 Å². The molecule has 1 atom stereocenters. The van der Waals surface area contributed by atoms with Gasteiger partial charge >= 0.3 is 0 Å². The highest BCUT2D eigenvalue weighted by Gasteiger charge is 2.51. The molecule has 0 fully saturated rings. The summed E-state index contributed by atoms with van der Waals surface area (Å²) >= 11 is 0. The number of allylic oxidation sites excluding steroid dienone is 6. The van der Waals surface area contributed by atoms with Crippen LogP contribution in [0.3, 0.4) is 0 Å². The number of nitrogens with zero attached hydrogens (tertiary/aromatic N) is 3. The minimum atomic E-state index is -0.409. The maximum absolute atomic E-state index is 4.89. The van der Waals surface area contributed by atoms with Crippen LogP contribution in [0.5, 0.6) is 0 Å². The number of benzene rings is 4. The molecule has 2 aromatic heterocycles. The molecule has 0 aliphatic heterocycles. The quantitative estimate of drug-likeness (QED) is 0.122. The fourth-order valence-electron chi connectivity index (χ4n) is 7.81. The van der Waals surface area contributed by atoms with Crippen molar-refractivity contribution in [2.75, 3.05) is 0 Å². The van der Waals surface area contributed by atoms with Crippen LogP contribution in [0.2, 0.25) is 0 Å². The van der Waals surface area contributed by atoms with Crippen molar-refractivity contribution >= 4 is 11.3 Å². The Kier molecular flexibility index (Phi) is 7.74. The molecule has 2 heterocycles. The molecular formula is C47H35N3. The standard InChI is InChI=1S/C47H35N3/c1-5-8-17-39-31(4)36-15-9-11-18-40(36)47(39)41-19-12-10-16-37(41)38-26-25-34(28-42(38)47)32-21-23-33(24-22-32)35-29-45(43(6-2)48-7-3)50-46(30-35)44-20-13-14-27-49-44/h5-30H,1-3H2,4H3/b17-8-,48-43?. The summed E-state index contributed by atoms with van der Waals surface area (Å²) in [6.45, 7) is 14.0. The van der Waals surface area contributed by atoms with Crippen molar-refractivity contribution in [1.29, 1.82) is 0 Å². The predicted molar refractivity (Wildman–Crippen MR) is 209 cm³/mol. The van der Waals surface area contributed by atoms with E-state index in [0.29, 0.717) is 11.4 Å². The monoisotopic (exact) mass is 641 g/mol. The van der Waals surface area contributed by atoms with Gasteiger partial charge in [-0.05, 0) is 110 Å². The van der Waals surface area contributed by atoms with Crippen molar-refractivity contribution in [3.05, 3.63) is 211 Å². The molecule has 2 aliphatic carbocycles. The van der Waals surface area contributed by atoms with E-state index in [9.17, 15) is 0 Å². The van der Waals surface area contributed by atoms with E-state index in [1.54, 1.807) is 12.3 Å². The minimum absolute atomic E-state index is 0.409. The maximum Gasteiger partial charge on any atom is 0.0900 e. The average molecular weight is 642 g/mol. The topological polar surface area (TPSA) is 38.1 Å². The third-order valence-electron chi connectivity index (χ3n) is 9.98. The minimum Gasteiger partial charge on any atom is -0.255 e. The Balaban J connectivity index is 1.26. The first-order chi connectivity index (χ1) is 24.6. The summed E-state index contributed by atoms with van der Waals surface area (Å²) in [6, 6.07) is 43.5. The maximum atomic E-state index is 4.89. The molecule has 50 heavy (non-hydrogen) atoms. The summed E-state index contributed by atoms with van der Waals surface area (Å²) in [7, 11) is 0. The molecule has 3 nitrogen and oxygen atoms in total. The first-order valence-corrected chi connectivity index (χ1v) is 16.8. The number of fused-ring (bicyclic) bond motifs is 7. The Morgan fingerprint density at radius 2 is 1.30 bits per heavy atom. The lowest BCUT2D eigenvalue weighted by molar-refractivity contribution is 0.786. The fraction of sp³-hybridized carbons (Fsp3) is 0.0426. The van der Waals surface area contributed by atoms with Crippen LogP contribution in [-0.2, 0) is 5.41 Å². The highest BCUT2D eigenvalue weighted by molar-refractivity contribution is 6.08. The molecular weight excluding hydrogens is 607 g/mol. The zero-order valence-electron chi connectivity index (χ0n) is 28.0. The number of rotatable bonds is 8. The lowest BCUT2D eigenvalue weighted by Gasteiger charge is -2.32.